The number of rotatable bonds is 7. The average molecular weight is 362 g/mol. The van der Waals surface area contributed by atoms with Crippen LogP contribution in [0.3, 0.4) is 0 Å². The van der Waals surface area contributed by atoms with Gasteiger partial charge in [0.15, 0.2) is 0 Å². The van der Waals surface area contributed by atoms with Gasteiger partial charge in [0.05, 0.1) is 0 Å². The zero-order chi connectivity index (χ0) is 18.3. The lowest BCUT2D eigenvalue weighted by Gasteiger charge is -2.38. The van der Waals surface area contributed by atoms with Crippen molar-refractivity contribution in [1.29, 1.82) is 0 Å². The third kappa shape index (κ3) is 4.47. The molecule has 3 nitrogen and oxygen atoms in total. The first-order chi connectivity index (χ1) is 12.4. The van der Waals surface area contributed by atoms with Gasteiger partial charge in [-0.1, -0.05) is 13.8 Å². The van der Waals surface area contributed by atoms with Gasteiger partial charge in [-0.15, -0.1) is 0 Å². The fourth-order valence-electron chi connectivity index (χ4n) is 6.57. The molecule has 150 valence electrons. The maximum Gasteiger partial charge on any atom is 0.0113 e. The molecule has 0 aromatic heterocycles. The van der Waals surface area contributed by atoms with Gasteiger partial charge in [-0.25, -0.2) is 0 Å². The van der Waals surface area contributed by atoms with Crippen molar-refractivity contribution in [2.45, 2.75) is 65.8 Å². The number of nitrogens with zero attached hydrogens (tertiary/aromatic N) is 3. The molecule has 3 atom stereocenters. The van der Waals surface area contributed by atoms with Crippen molar-refractivity contribution < 1.29 is 0 Å². The van der Waals surface area contributed by atoms with Crippen molar-refractivity contribution in [2.24, 2.45) is 29.1 Å². The summed E-state index contributed by atoms with van der Waals surface area (Å²) in [7, 11) is 0. The van der Waals surface area contributed by atoms with E-state index < -0.39 is 0 Å². The van der Waals surface area contributed by atoms with Crippen molar-refractivity contribution >= 4 is 0 Å². The van der Waals surface area contributed by atoms with Crippen LogP contribution in [-0.2, 0) is 0 Å². The molecule has 4 fully saturated rings. The van der Waals surface area contributed by atoms with Crippen molar-refractivity contribution in [2.75, 3.05) is 52.4 Å². The Morgan fingerprint density at radius 1 is 0.846 bits per heavy atom. The molecule has 4 aliphatic rings. The van der Waals surface area contributed by atoms with E-state index in [2.05, 4.69) is 42.4 Å². The second-order valence-electron chi connectivity index (χ2n) is 11.1. The molecule has 2 saturated heterocycles. The Hall–Kier alpha value is -0.120. The Morgan fingerprint density at radius 2 is 1.46 bits per heavy atom. The number of piperazine rings is 1. The number of fused-ring (bicyclic) bond motifs is 1. The first-order valence-electron chi connectivity index (χ1n) is 11.6. The summed E-state index contributed by atoms with van der Waals surface area (Å²) in [6.07, 6.45) is 7.50. The van der Waals surface area contributed by atoms with Gasteiger partial charge in [0.25, 0.3) is 0 Å². The van der Waals surface area contributed by atoms with Crippen LogP contribution in [0.4, 0.5) is 0 Å². The monoisotopic (exact) mass is 361 g/mol. The highest BCUT2D eigenvalue weighted by atomic mass is 15.3. The van der Waals surface area contributed by atoms with E-state index >= 15 is 0 Å². The summed E-state index contributed by atoms with van der Waals surface area (Å²) in [6, 6.07) is 0.722. The van der Waals surface area contributed by atoms with Gasteiger partial charge in [-0.3, -0.25) is 4.90 Å². The second-order valence-corrected chi connectivity index (χ2v) is 11.1. The summed E-state index contributed by atoms with van der Waals surface area (Å²) in [6.45, 7) is 20.3. The number of hydrogen-bond donors (Lipinski definition) is 0. The molecule has 0 amide bonds. The van der Waals surface area contributed by atoms with Crippen LogP contribution >= 0.6 is 0 Å². The fourth-order valence-corrected chi connectivity index (χ4v) is 6.57. The normalized spacial score (nSPS) is 35.5. The van der Waals surface area contributed by atoms with E-state index in [-0.39, 0.29) is 0 Å². The summed E-state index contributed by atoms with van der Waals surface area (Å²) >= 11 is 0. The molecule has 0 aromatic rings. The quantitative estimate of drug-likeness (QED) is 0.683. The van der Waals surface area contributed by atoms with Gasteiger partial charge in [-0.05, 0) is 75.0 Å². The van der Waals surface area contributed by atoms with Crippen LogP contribution in [0.25, 0.3) is 0 Å². The third-order valence-corrected chi connectivity index (χ3v) is 7.94. The van der Waals surface area contributed by atoms with Crippen molar-refractivity contribution in [1.82, 2.24) is 14.7 Å². The van der Waals surface area contributed by atoms with Crippen molar-refractivity contribution in [3.63, 3.8) is 0 Å². The molecule has 1 unspecified atom stereocenters. The van der Waals surface area contributed by atoms with E-state index in [9.17, 15) is 0 Å². The molecule has 2 saturated carbocycles. The average Bonchev–Trinajstić information content (AvgIpc) is 3.04. The zero-order valence-corrected chi connectivity index (χ0v) is 17.9. The second kappa shape index (κ2) is 7.72. The van der Waals surface area contributed by atoms with Gasteiger partial charge >= 0.3 is 0 Å². The van der Waals surface area contributed by atoms with Crippen molar-refractivity contribution in [3.8, 4) is 0 Å². The Kier molecular flexibility index (Phi) is 5.70. The third-order valence-electron chi connectivity index (χ3n) is 7.94. The van der Waals surface area contributed by atoms with Gasteiger partial charge in [-0.2, -0.15) is 0 Å². The lowest BCUT2D eigenvalue weighted by atomic mass is 9.93. The molecule has 2 aliphatic carbocycles. The smallest absolute Gasteiger partial charge is 0.0113 e. The topological polar surface area (TPSA) is 9.72 Å². The van der Waals surface area contributed by atoms with E-state index in [0.717, 1.165) is 35.1 Å². The highest BCUT2D eigenvalue weighted by Gasteiger charge is 2.47. The molecule has 0 aromatic carbocycles. The molecule has 3 heteroatoms. The van der Waals surface area contributed by atoms with Crippen LogP contribution in [0.1, 0.15) is 59.8 Å². The van der Waals surface area contributed by atoms with Crippen LogP contribution in [0.2, 0.25) is 0 Å². The first-order valence-corrected chi connectivity index (χ1v) is 11.6. The Morgan fingerprint density at radius 3 is 1.96 bits per heavy atom. The standard InChI is InChI=1S/C23H43N3/c1-18(2)13-23(5-6-23)17-25-15-21-11-20(12-22(21)16-25)14-24-7-9-26(10-8-24)19(3)4/h18-22H,5-17H2,1-4H3/t20?,21-,22+. The zero-order valence-electron chi connectivity index (χ0n) is 17.9. The molecule has 4 rings (SSSR count). The van der Waals surface area contributed by atoms with Crippen LogP contribution in [0, 0.1) is 29.1 Å². The largest absolute Gasteiger partial charge is 0.302 e. The molecule has 2 aliphatic heterocycles. The van der Waals surface area contributed by atoms with Crippen molar-refractivity contribution in [3.05, 3.63) is 0 Å². The predicted molar refractivity (Wildman–Crippen MR) is 110 cm³/mol. The van der Waals surface area contributed by atoms with Crippen LogP contribution < -0.4 is 0 Å². The molecule has 0 bridgehead atoms. The first kappa shape index (κ1) is 19.2. The maximum atomic E-state index is 2.86. The lowest BCUT2D eigenvalue weighted by molar-refractivity contribution is 0.0953. The molecule has 0 spiro atoms. The summed E-state index contributed by atoms with van der Waals surface area (Å²) < 4.78 is 0. The summed E-state index contributed by atoms with van der Waals surface area (Å²) in [5.74, 6) is 3.90. The Bertz CT molecular complexity index is 448. The molecular weight excluding hydrogens is 318 g/mol. The summed E-state index contributed by atoms with van der Waals surface area (Å²) in [5.41, 5.74) is 0.724. The van der Waals surface area contributed by atoms with Crippen LogP contribution in [-0.4, -0.2) is 73.1 Å². The van der Waals surface area contributed by atoms with Gasteiger partial charge < -0.3 is 9.80 Å². The maximum absolute atomic E-state index is 2.86. The van der Waals surface area contributed by atoms with E-state index in [1.54, 1.807) is 0 Å². The Labute approximate surface area is 162 Å². The van der Waals surface area contributed by atoms with E-state index in [1.807, 2.05) is 0 Å². The highest BCUT2D eigenvalue weighted by Crippen LogP contribution is 2.52. The van der Waals surface area contributed by atoms with E-state index in [4.69, 9.17) is 0 Å². The lowest BCUT2D eigenvalue weighted by Crippen LogP contribution is -2.49. The molecule has 0 N–H and O–H groups in total. The summed E-state index contributed by atoms with van der Waals surface area (Å²) in [5, 5.41) is 0. The molecule has 2 heterocycles. The van der Waals surface area contributed by atoms with Crippen LogP contribution in [0.15, 0.2) is 0 Å². The highest BCUT2D eigenvalue weighted by molar-refractivity contribution is 5.00. The number of hydrogen-bond acceptors (Lipinski definition) is 3. The van der Waals surface area contributed by atoms with E-state index in [1.165, 1.54) is 84.5 Å². The van der Waals surface area contributed by atoms with Crippen LogP contribution in [0.5, 0.6) is 0 Å². The molecule has 0 radical (unpaired) electrons. The SMILES string of the molecule is CC(C)CC1(CN2C[C@H]3CC(CN4CCN(C(C)C)CC4)C[C@H]3C2)CC1. The fraction of sp³-hybridized carbons (Fsp3) is 1.00. The minimum Gasteiger partial charge on any atom is -0.302 e. The molecule has 26 heavy (non-hydrogen) atoms. The minimum absolute atomic E-state index is 0.722. The predicted octanol–water partition coefficient (Wildman–Crippen LogP) is 3.80. The minimum atomic E-state index is 0.722. The van der Waals surface area contributed by atoms with Gasteiger partial charge in [0.1, 0.15) is 0 Å². The van der Waals surface area contributed by atoms with Gasteiger partial charge in [0, 0.05) is 58.4 Å². The number of likely N-dealkylation sites (tertiary alicyclic amines) is 1. The Balaban J connectivity index is 1.19. The summed E-state index contributed by atoms with van der Waals surface area (Å²) in [4.78, 5) is 8.27. The van der Waals surface area contributed by atoms with Gasteiger partial charge in [0.2, 0.25) is 0 Å². The van der Waals surface area contributed by atoms with E-state index in [0.29, 0.717) is 0 Å². The molecular formula is C23H43N3.